The monoisotopic (exact) mass is 493 g/mol. The Morgan fingerprint density at radius 3 is 2.28 bits per heavy atom. The van der Waals surface area contributed by atoms with E-state index in [4.69, 9.17) is 4.52 Å². The first kappa shape index (κ1) is 26.2. The molecule has 3 fully saturated rings. The Labute approximate surface area is 220 Å². The highest BCUT2D eigenvalue weighted by molar-refractivity contribution is 5.83. The summed E-state index contributed by atoms with van der Waals surface area (Å²) in [6, 6.07) is 0. The van der Waals surface area contributed by atoms with Crippen LogP contribution in [0.25, 0.3) is 0 Å². The lowest BCUT2D eigenvalue weighted by atomic mass is 9.34. The maximum atomic E-state index is 14.3. The van der Waals surface area contributed by atoms with E-state index in [0.29, 0.717) is 17.6 Å². The Kier molecular flexibility index (Phi) is 5.87. The fraction of sp³-hybridized carbons (Fsp3) is 0.818. The van der Waals surface area contributed by atoms with E-state index in [9.17, 15) is 4.79 Å². The van der Waals surface area contributed by atoms with Crippen molar-refractivity contribution in [1.82, 2.24) is 5.16 Å². The molecule has 36 heavy (non-hydrogen) atoms. The van der Waals surface area contributed by atoms with Crippen LogP contribution in [-0.2, 0) is 16.6 Å². The quantitative estimate of drug-likeness (QED) is 0.367. The van der Waals surface area contributed by atoms with E-state index < -0.39 is 0 Å². The average Bonchev–Trinajstić information content (AvgIpc) is 3.27. The number of hydrogen-bond acceptors (Lipinski definition) is 3. The highest BCUT2D eigenvalue weighted by Gasteiger charge is 2.68. The molecule has 200 valence electrons. The largest absolute Gasteiger partial charge is 0.361 e. The molecule has 0 radical (unpaired) electrons. The Morgan fingerprint density at radius 2 is 1.58 bits per heavy atom. The number of hydrogen-bond donors (Lipinski definition) is 0. The molecule has 4 aliphatic carbocycles. The fourth-order valence-corrected chi connectivity index (χ4v) is 10.2. The summed E-state index contributed by atoms with van der Waals surface area (Å²) in [5.74, 6) is 2.71. The SMILES string of the molecule is C=C[C@@]1(C)CCC(C)(C)CCC2C(=O)C[C@@H]3[C@@]4(C)Cc5cnoc5C(C)(C)[C@@H]4CC[C@@]3(C)[C@]2(C)CC1. The third-order valence-electron chi connectivity index (χ3n) is 13.0. The second-order valence-electron chi connectivity index (χ2n) is 15.8. The van der Waals surface area contributed by atoms with Crippen LogP contribution in [-0.4, -0.2) is 10.9 Å². The highest BCUT2D eigenvalue weighted by Crippen LogP contribution is 2.72. The van der Waals surface area contributed by atoms with E-state index in [-0.39, 0.29) is 38.4 Å². The number of allylic oxidation sites excluding steroid dienone is 1. The summed E-state index contributed by atoms with van der Waals surface area (Å²) in [6.45, 7) is 23.9. The van der Waals surface area contributed by atoms with Crippen molar-refractivity contribution in [2.75, 3.05) is 0 Å². The molecule has 0 saturated heterocycles. The van der Waals surface area contributed by atoms with Crippen LogP contribution in [0.3, 0.4) is 0 Å². The lowest BCUT2D eigenvalue weighted by Crippen LogP contribution is -2.65. The first-order valence-corrected chi connectivity index (χ1v) is 14.7. The van der Waals surface area contributed by atoms with Crippen molar-refractivity contribution in [3.63, 3.8) is 0 Å². The number of carbonyl (C=O) groups excluding carboxylic acids is 1. The minimum atomic E-state index is -0.0528. The smallest absolute Gasteiger partial charge is 0.145 e. The normalized spacial score (nSPS) is 46.0. The second-order valence-corrected chi connectivity index (χ2v) is 15.8. The molecule has 0 aromatic carbocycles. The van der Waals surface area contributed by atoms with Crippen LogP contribution in [0.2, 0.25) is 0 Å². The molecule has 1 unspecified atom stereocenters. The maximum absolute atomic E-state index is 14.3. The first-order valence-electron chi connectivity index (χ1n) is 14.7. The van der Waals surface area contributed by atoms with Crippen molar-refractivity contribution in [2.45, 2.75) is 125 Å². The van der Waals surface area contributed by atoms with Gasteiger partial charge in [0.05, 0.1) is 6.20 Å². The van der Waals surface area contributed by atoms with E-state index in [1.165, 1.54) is 31.2 Å². The standard InChI is InChI=1S/C33H51NO2/c1-10-30(6)16-15-28(2,3)13-11-23-24(35)19-26-31(7)20-22-21-34-36-27(22)29(4,5)25(31)12-14-33(26,9)32(23,8)18-17-30/h10,21,23,25-26H,1,11-20H2,2-9H3/t23?,25-,26+,30-,31-,32+,33+/m0/s1. The molecule has 3 heteroatoms. The van der Waals surface area contributed by atoms with Crippen molar-refractivity contribution >= 4 is 5.78 Å². The molecule has 3 nitrogen and oxygen atoms in total. The van der Waals surface area contributed by atoms with Crippen molar-refractivity contribution in [3.8, 4) is 0 Å². The van der Waals surface area contributed by atoms with Gasteiger partial charge in [0.15, 0.2) is 0 Å². The molecular weight excluding hydrogens is 442 g/mol. The molecule has 0 spiro atoms. The fourth-order valence-electron chi connectivity index (χ4n) is 10.2. The van der Waals surface area contributed by atoms with Crippen molar-refractivity contribution in [2.24, 2.45) is 44.8 Å². The minimum Gasteiger partial charge on any atom is -0.361 e. The predicted molar refractivity (Wildman–Crippen MR) is 147 cm³/mol. The number of rotatable bonds is 1. The Morgan fingerprint density at radius 1 is 0.889 bits per heavy atom. The number of carbonyl (C=O) groups is 1. The van der Waals surface area contributed by atoms with Crippen LogP contribution >= 0.6 is 0 Å². The summed E-state index contributed by atoms with van der Waals surface area (Å²) >= 11 is 0. The average molecular weight is 494 g/mol. The molecule has 3 saturated carbocycles. The third kappa shape index (κ3) is 3.57. The second kappa shape index (κ2) is 8.06. The number of nitrogens with zero attached hydrogens (tertiary/aromatic N) is 1. The highest BCUT2D eigenvalue weighted by atomic mass is 16.5. The van der Waals surface area contributed by atoms with Gasteiger partial charge >= 0.3 is 0 Å². The molecule has 0 aliphatic heterocycles. The van der Waals surface area contributed by atoms with Gasteiger partial charge in [0, 0.05) is 23.3 Å². The topological polar surface area (TPSA) is 43.1 Å². The van der Waals surface area contributed by atoms with Gasteiger partial charge in [-0.15, -0.1) is 6.58 Å². The van der Waals surface area contributed by atoms with Crippen molar-refractivity contribution in [1.29, 1.82) is 0 Å². The molecule has 7 atom stereocenters. The molecule has 0 bridgehead atoms. The van der Waals surface area contributed by atoms with Gasteiger partial charge in [0.25, 0.3) is 0 Å². The van der Waals surface area contributed by atoms with Crippen LogP contribution in [0.1, 0.15) is 125 Å². The maximum Gasteiger partial charge on any atom is 0.145 e. The number of ketones is 1. The lowest BCUT2D eigenvalue weighted by molar-refractivity contribution is -0.197. The summed E-state index contributed by atoms with van der Waals surface area (Å²) in [5.41, 5.74) is 1.86. The van der Waals surface area contributed by atoms with Gasteiger partial charge in [-0.25, -0.2) is 0 Å². The van der Waals surface area contributed by atoms with Crippen LogP contribution in [0.15, 0.2) is 23.4 Å². The third-order valence-corrected chi connectivity index (χ3v) is 13.0. The first-order chi connectivity index (χ1) is 16.6. The van der Waals surface area contributed by atoms with E-state index in [1.54, 1.807) is 0 Å². The van der Waals surface area contributed by atoms with E-state index in [1.807, 2.05) is 6.20 Å². The number of Topliss-reactive ketones (excluding diaryl/α,β-unsaturated/α-hetero) is 1. The Hall–Kier alpha value is -1.38. The van der Waals surface area contributed by atoms with Gasteiger partial charge in [0.2, 0.25) is 0 Å². The summed E-state index contributed by atoms with van der Waals surface area (Å²) in [4.78, 5) is 14.3. The van der Waals surface area contributed by atoms with Crippen molar-refractivity contribution < 1.29 is 9.32 Å². The number of aromatic nitrogens is 1. The van der Waals surface area contributed by atoms with Gasteiger partial charge < -0.3 is 4.52 Å². The van der Waals surface area contributed by atoms with Crippen molar-refractivity contribution in [3.05, 3.63) is 30.2 Å². The molecule has 0 amide bonds. The van der Waals surface area contributed by atoms with Gasteiger partial charge in [-0.1, -0.05) is 66.6 Å². The molecule has 0 N–H and O–H groups in total. The van der Waals surface area contributed by atoms with E-state index >= 15 is 0 Å². The minimum absolute atomic E-state index is 0.0116. The number of fused-ring (bicyclic) bond motifs is 6. The molecule has 1 heterocycles. The zero-order valence-electron chi connectivity index (χ0n) is 24.4. The Balaban J connectivity index is 1.60. The summed E-state index contributed by atoms with van der Waals surface area (Å²) < 4.78 is 5.84. The zero-order chi connectivity index (χ0) is 26.4. The molecular formula is C33H51NO2. The Bertz CT molecular complexity index is 1050. The van der Waals surface area contributed by atoms with E-state index in [2.05, 4.69) is 73.2 Å². The summed E-state index contributed by atoms with van der Waals surface area (Å²) in [7, 11) is 0. The van der Waals surface area contributed by atoms with Crippen LogP contribution < -0.4 is 0 Å². The zero-order valence-corrected chi connectivity index (χ0v) is 24.4. The van der Waals surface area contributed by atoms with Crippen LogP contribution in [0.4, 0.5) is 0 Å². The molecule has 1 aromatic rings. The van der Waals surface area contributed by atoms with Crippen LogP contribution in [0, 0.1) is 44.8 Å². The molecule has 4 aliphatic rings. The van der Waals surface area contributed by atoms with Gasteiger partial charge in [-0.05, 0) is 96.7 Å². The van der Waals surface area contributed by atoms with Gasteiger partial charge in [0.1, 0.15) is 11.5 Å². The van der Waals surface area contributed by atoms with E-state index in [0.717, 1.165) is 44.3 Å². The molecule has 5 rings (SSSR count). The van der Waals surface area contributed by atoms with Gasteiger partial charge in [-0.3, -0.25) is 4.79 Å². The lowest BCUT2D eigenvalue weighted by Gasteiger charge is -2.69. The van der Waals surface area contributed by atoms with Crippen LogP contribution in [0.5, 0.6) is 0 Å². The predicted octanol–water partition coefficient (Wildman–Crippen LogP) is 8.72. The molecule has 1 aromatic heterocycles. The summed E-state index contributed by atoms with van der Waals surface area (Å²) in [6.07, 6.45) is 15.2. The summed E-state index contributed by atoms with van der Waals surface area (Å²) in [5, 5.41) is 4.23. The van der Waals surface area contributed by atoms with Gasteiger partial charge in [-0.2, -0.15) is 0 Å².